The van der Waals surface area contributed by atoms with Gasteiger partial charge in [0.15, 0.2) is 5.65 Å². The highest BCUT2D eigenvalue weighted by Crippen LogP contribution is 2.34. The maximum Gasteiger partial charge on any atom is 0.155 e. The molecule has 2 N–H and O–H groups in total. The number of H-pyrrole nitrogens is 2. The quantitative estimate of drug-likeness (QED) is 0.359. The summed E-state index contributed by atoms with van der Waals surface area (Å²) in [6.45, 7) is 3.93. The number of nitrogens with one attached hydrogen (secondary N) is 2. The summed E-state index contributed by atoms with van der Waals surface area (Å²) in [4.78, 5) is 16.8. The minimum Gasteiger partial charge on any atom is -0.353 e. The molecule has 5 aromatic heterocycles. The van der Waals surface area contributed by atoms with Gasteiger partial charge < -0.3 is 4.98 Å². The molecule has 0 bridgehead atoms. The Bertz CT molecular complexity index is 1640. The number of halogens is 1. The summed E-state index contributed by atoms with van der Waals surface area (Å²) in [5.74, 6) is -0.276. The summed E-state index contributed by atoms with van der Waals surface area (Å²) >= 11 is 0. The van der Waals surface area contributed by atoms with Gasteiger partial charge in [0.2, 0.25) is 0 Å². The zero-order chi connectivity index (χ0) is 22.5. The van der Waals surface area contributed by atoms with Gasteiger partial charge >= 0.3 is 0 Å². The van der Waals surface area contributed by atoms with Crippen LogP contribution >= 0.6 is 0 Å². The molecule has 1 aromatic carbocycles. The molecule has 33 heavy (non-hydrogen) atoms. The SMILES string of the molecule is Cc1cc(F)cc(-c2nccc3[nH]c(-c4n[nH]c5ncc(-c6cnccc6C)cc45)cc23)c1. The number of aromatic amines is 2. The summed E-state index contributed by atoms with van der Waals surface area (Å²) < 4.78 is 14.1. The molecule has 0 fully saturated rings. The average molecular weight is 434 g/mol. The lowest BCUT2D eigenvalue weighted by atomic mass is 10.0. The van der Waals surface area contributed by atoms with Gasteiger partial charge in [-0.25, -0.2) is 9.37 Å². The van der Waals surface area contributed by atoms with Crippen LogP contribution in [0.3, 0.4) is 0 Å². The molecule has 0 spiro atoms. The highest BCUT2D eigenvalue weighted by atomic mass is 19.1. The van der Waals surface area contributed by atoms with Crippen molar-refractivity contribution in [1.29, 1.82) is 0 Å². The van der Waals surface area contributed by atoms with Gasteiger partial charge in [-0.2, -0.15) is 5.10 Å². The number of hydrogen-bond donors (Lipinski definition) is 2. The molecule has 160 valence electrons. The Kier molecular flexibility index (Phi) is 4.29. The van der Waals surface area contributed by atoms with Crippen LogP contribution in [0.15, 0.2) is 67.3 Å². The van der Waals surface area contributed by atoms with E-state index < -0.39 is 0 Å². The van der Waals surface area contributed by atoms with Crippen molar-refractivity contribution in [2.75, 3.05) is 0 Å². The first kappa shape index (κ1) is 19.3. The fourth-order valence-electron chi connectivity index (χ4n) is 4.31. The second-order valence-corrected chi connectivity index (χ2v) is 8.20. The Balaban J connectivity index is 1.52. The summed E-state index contributed by atoms with van der Waals surface area (Å²) in [5.41, 5.74) is 8.65. The van der Waals surface area contributed by atoms with E-state index in [0.717, 1.165) is 61.2 Å². The lowest BCUT2D eigenvalue weighted by Crippen LogP contribution is -1.87. The van der Waals surface area contributed by atoms with Crippen molar-refractivity contribution in [1.82, 2.24) is 30.1 Å². The molecule has 5 heterocycles. The van der Waals surface area contributed by atoms with Crippen LogP contribution in [0.2, 0.25) is 0 Å². The van der Waals surface area contributed by atoms with Gasteiger partial charge in [-0.15, -0.1) is 0 Å². The fraction of sp³-hybridized carbons (Fsp3) is 0.0769. The number of pyridine rings is 3. The van der Waals surface area contributed by atoms with Crippen molar-refractivity contribution < 1.29 is 4.39 Å². The molecule has 7 heteroatoms. The highest BCUT2D eigenvalue weighted by Gasteiger charge is 2.16. The largest absolute Gasteiger partial charge is 0.353 e. The summed E-state index contributed by atoms with van der Waals surface area (Å²) in [6, 6.07) is 12.9. The molecule has 0 atom stereocenters. The van der Waals surface area contributed by atoms with Gasteiger partial charge in [-0.3, -0.25) is 15.1 Å². The zero-order valence-corrected chi connectivity index (χ0v) is 18.0. The second kappa shape index (κ2) is 7.34. The third-order valence-electron chi connectivity index (χ3n) is 5.89. The van der Waals surface area contributed by atoms with E-state index in [1.807, 2.05) is 43.6 Å². The van der Waals surface area contributed by atoms with E-state index in [9.17, 15) is 4.39 Å². The van der Waals surface area contributed by atoms with Gasteiger partial charge in [0.05, 0.1) is 11.4 Å². The van der Waals surface area contributed by atoms with Crippen molar-refractivity contribution in [2.45, 2.75) is 13.8 Å². The topological polar surface area (TPSA) is 83.1 Å². The Hall–Kier alpha value is -4.39. The fourth-order valence-corrected chi connectivity index (χ4v) is 4.31. The van der Waals surface area contributed by atoms with E-state index in [1.165, 1.54) is 12.1 Å². The van der Waals surface area contributed by atoms with Crippen LogP contribution < -0.4 is 0 Å². The van der Waals surface area contributed by atoms with Gasteiger partial charge in [0, 0.05) is 57.8 Å². The number of aryl methyl sites for hydroxylation is 2. The smallest absolute Gasteiger partial charge is 0.155 e. The Morgan fingerprint density at radius 3 is 2.58 bits per heavy atom. The van der Waals surface area contributed by atoms with Crippen LogP contribution in [0.25, 0.3) is 55.7 Å². The normalized spacial score (nSPS) is 11.5. The van der Waals surface area contributed by atoms with Crippen molar-refractivity contribution >= 4 is 21.9 Å². The molecular formula is C26H19FN6. The number of hydrogen-bond acceptors (Lipinski definition) is 4. The predicted molar refractivity (Wildman–Crippen MR) is 127 cm³/mol. The van der Waals surface area contributed by atoms with Crippen LogP contribution in [-0.4, -0.2) is 30.1 Å². The minimum atomic E-state index is -0.276. The second-order valence-electron chi connectivity index (χ2n) is 8.20. The maximum absolute atomic E-state index is 14.1. The first-order valence-corrected chi connectivity index (χ1v) is 10.6. The third kappa shape index (κ3) is 3.25. The molecular weight excluding hydrogens is 415 g/mol. The van der Waals surface area contributed by atoms with E-state index in [1.54, 1.807) is 12.4 Å². The minimum absolute atomic E-state index is 0.276. The molecule has 0 saturated carbocycles. The number of rotatable bonds is 3. The first-order chi connectivity index (χ1) is 16.1. The Morgan fingerprint density at radius 1 is 0.818 bits per heavy atom. The van der Waals surface area contributed by atoms with Crippen LogP contribution in [0, 0.1) is 19.7 Å². The Labute approximate surface area is 188 Å². The maximum atomic E-state index is 14.1. The third-order valence-corrected chi connectivity index (χ3v) is 5.89. The Morgan fingerprint density at radius 2 is 1.73 bits per heavy atom. The average Bonchev–Trinajstić information content (AvgIpc) is 3.42. The summed E-state index contributed by atoms with van der Waals surface area (Å²) in [6.07, 6.45) is 7.18. The number of aromatic nitrogens is 6. The molecule has 0 radical (unpaired) electrons. The van der Waals surface area contributed by atoms with Crippen LogP contribution in [0.1, 0.15) is 11.1 Å². The summed E-state index contributed by atoms with van der Waals surface area (Å²) in [7, 11) is 0. The molecule has 6 aromatic rings. The summed E-state index contributed by atoms with van der Waals surface area (Å²) in [5, 5.41) is 9.36. The molecule has 0 aliphatic rings. The molecule has 6 rings (SSSR count). The highest BCUT2D eigenvalue weighted by molar-refractivity contribution is 6.00. The molecule has 0 aliphatic heterocycles. The standard InChI is InChI=1S/C26H19FN6/c1-14-7-16(9-18(27)8-14)24-19-11-23(31-22(19)4-6-29-24)25-20-10-17(12-30-26(20)33-32-25)21-13-28-5-3-15(21)2/h3-13,31H,1-2H3,(H,30,32,33). The lowest BCUT2D eigenvalue weighted by molar-refractivity contribution is 0.627. The van der Waals surface area contributed by atoms with E-state index in [0.29, 0.717) is 5.65 Å². The van der Waals surface area contributed by atoms with E-state index in [-0.39, 0.29) is 5.82 Å². The predicted octanol–water partition coefficient (Wildman–Crippen LogP) is 5.99. The van der Waals surface area contributed by atoms with Crippen molar-refractivity contribution in [3.8, 4) is 33.8 Å². The van der Waals surface area contributed by atoms with E-state index in [2.05, 4.69) is 43.1 Å². The number of fused-ring (bicyclic) bond motifs is 2. The van der Waals surface area contributed by atoms with Crippen LogP contribution in [0.5, 0.6) is 0 Å². The molecule has 0 unspecified atom stereocenters. The van der Waals surface area contributed by atoms with Gasteiger partial charge in [-0.1, -0.05) is 0 Å². The van der Waals surface area contributed by atoms with Crippen LogP contribution in [0.4, 0.5) is 4.39 Å². The van der Waals surface area contributed by atoms with Gasteiger partial charge in [0.1, 0.15) is 11.5 Å². The zero-order valence-electron chi connectivity index (χ0n) is 18.0. The van der Waals surface area contributed by atoms with Crippen molar-refractivity contribution in [3.05, 3.63) is 84.2 Å². The van der Waals surface area contributed by atoms with Crippen molar-refractivity contribution in [3.63, 3.8) is 0 Å². The van der Waals surface area contributed by atoms with Gasteiger partial charge in [0.25, 0.3) is 0 Å². The number of nitrogens with zero attached hydrogens (tertiary/aromatic N) is 4. The van der Waals surface area contributed by atoms with Gasteiger partial charge in [-0.05, 0) is 67.4 Å². The molecule has 0 amide bonds. The van der Waals surface area contributed by atoms with Crippen LogP contribution in [-0.2, 0) is 0 Å². The lowest BCUT2D eigenvalue weighted by Gasteiger charge is -2.04. The number of benzene rings is 1. The van der Waals surface area contributed by atoms with Crippen molar-refractivity contribution in [2.24, 2.45) is 0 Å². The monoisotopic (exact) mass is 434 g/mol. The molecule has 6 nitrogen and oxygen atoms in total. The van der Waals surface area contributed by atoms with E-state index >= 15 is 0 Å². The molecule has 0 aliphatic carbocycles. The molecule has 0 saturated heterocycles. The van der Waals surface area contributed by atoms with E-state index in [4.69, 9.17) is 0 Å². The first-order valence-electron chi connectivity index (χ1n) is 10.6.